The van der Waals surface area contributed by atoms with Gasteiger partial charge < -0.3 is 9.47 Å². The van der Waals surface area contributed by atoms with Gasteiger partial charge in [-0.05, 0) is 37.1 Å². The molecule has 1 aromatic carbocycles. The van der Waals surface area contributed by atoms with E-state index in [9.17, 15) is 13.2 Å². The van der Waals surface area contributed by atoms with Crippen LogP contribution in [0.3, 0.4) is 0 Å². The lowest BCUT2D eigenvalue weighted by atomic mass is 10.0. The summed E-state index contributed by atoms with van der Waals surface area (Å²) in [5.74, 6) is -0.223. The Kier molecular flexibility index (Phi) is 5.31. The van der Waals surface area contributed by atoms with Crippen LogP contribution in [0.1, 0.15) is 12.8 Å². The number of ether oxygens (including phenoxy) is 2. The van der Waals surface area contributed by atoms with Crippen LogP contribution in [0.2, 0.25) is 0 Å². The Labute approximate surface area is 128 Å². The molecule has 0 amide bonds. The van der Waals surface area contributed by atoms with Crippen LogP contribution in [-0.2, 0) is 19.4 Å². The lowest BCUT2D eigenvalue weighted by molar-refractivity contribution is -0.142. The second kappa shape index (κ2) is 7.20. The standard InChI is InChI=1S/C15H15NO5S/c16-8-1-11-22(18,19)14-4-2-13(3-5-14)21-15(17)12-6-9-20-10-7-12/h1-5,11-12H,6-7,9-10H2/b11-1+. The molecule has 1 aromatic rings. The number of hydrogen-bond donors (Lipinski definition) is 0. The molecular weight excluding hydrogens is 306 g/mol. The predicted molar refractivity (Wildman–Crippen MR) is 77.6 cm³/mol. The molecule has 1 heterocycles. The monoisotopic (exact) mass is 321 g/mol. The largest absolute Gasteiger partial charge is 0.426 e. The summed E-state index contributed by atoms with van der Waals surface area (Å²) in [5.41, 5.74) is 0. The summed E-state index contributed by atoms with van der Waals surface area (Å²) in [6.07, 6.45) is 2.16. The summed E-state index contributed by atoms with van der Waals surface area (Å²) in [4.78, 5) is 12.0. The molecule has 0 N–H and O–H groups in total. The molecule has 116 valence electrons. The van der Waals surface area contributed by atoms with Crippen LogP contribution in [0.5, 0.6) is 5.75 Å². The van der Waals surface area contributed by atoms with Crippen molar-refractivity contribution in [3.05, 3.63) is 35.7 Å². The Bertz CT molecular complexity index is 694. The SMILES string of the molecule is N#C/C=C/S(=O)(=O)c1ccc(OC(=O)C2CCOCC2)cc1. The fourth-order valence-corrected chi connectivity index (χ4v) is 2.94. The van der Waals surface area contributed by atoms with Crippen molar-refractivity contribution in [1.29, 1.82) is 5.26 Å². The van der Waals surface area contributed by atoms with Crippen LogP contribution in [0.15, 0.2) is 40.6 Å². The van der Waals surface area contributed by atoms with Gasteiger partial charge in [0, 0.05) is 24.7 Å². The number of carbonyl (C=O) groups excluding carboxylic acids is 1. The second-order valence-corrected chi connectivity index (χ2v) is 6.59. The molecule has 0 saturated carbocycles. The number of hydrogen-bond acceptors (Lipinski definition) is 6. The lowest BCUT2D eigenvalue weighted by Crippen LogP contribution is -2.27. The van der Waals surface area contributed by atoms with Crippen molar-refractivity contribution in [3.63, 3.8) is 0 Å². The quantitative estimate of drug-likeness (QED) is 0.477. The molecule has 1 saturated heterocycles. The van der Waals surface area contributed by atoms with Crippen LogP contribution < -0.4 is 4.74 Å². The Morgan fingerprint density at radius 3 is 2.50 bits per heavy atom. The first-order valence-corrected chi connectivity index (χ1v) is 8.28. The van der Waals surface area contributed by atoms with Crippen molar-refractivity contribution in [2.24, 2.45) is 5.92 Å². The Morgan fingerprint density at radius 1 is 1.27 bits per heavy atom. The van der Waals surface area contributed by atoms with E-state index in [2.05, 4.69) is 0 Å². The Balaban J connectivity index is 2.04. The van der Waals surface area contributed by atoms with Gasteiger partial charge in [-0.2, -0.15) is 5.26 Å². The van der Waals surface area contributed by atoms with Gasteiger partial charge in [0.15, 0.2) is 0 Å². The minimum Gasteiger partial charge on any atom is -0.426 e. The third-order valence-corrected chi connectivity index (χ3v) is 4.67. The van der Waals surface area contributed by atoms with E-state index >= 15 is 0 Å². The van der Waals surface area contributed by atoms with Crippen LogP contribution in [0.4, 0.5) is 0 Å². The molecule has 1 aliphatic heterocycles. The summed E-state index contributed by atoms with van der Waals surface area (Å²) >= 11 is 0. The predicted octanol–water partition coefficient (Wildman–Crippen LogP) is 1.83. The average Bonchev–Trinajstić information content (AvgIpc) is 2.54. The van der Waals surface area contributed by atoms with Crippen molar-refractivity contribution in [1.82, 2.24) is 0 Å². The highest BCUT2D eigenvalue weighted by Gasteiger charge is 2.23. The fraction of sp³-hybridized carbons (Fsp3) is 0.333. The van der Waals surface area contributed by atoms with Gasteiger partial charge in [-0.15, -0.1) is 0 Å². The molecule has 0 atom stereocenters. The molecule has 7 heteroatoms. The minimum atomic E-state index is -3.65. The third kappa shape index (κ3) is 4.16. The molecule has 0 bridgehead atoms. The highest BCUT2D eigenvalue weighted by atomic mass is 32.2. The topological polar surface area (TPSA) is 93.5 Å². The number of nitriles is 1. The van der Waals surface area contributed by atoms with E-state index in [1.165, 1.54) is 24.3 Å². The molecule has 1 fully saturated rings. The maximum Gasteiger partial charge on any atom is 0.314 e. The molecule has 0 spiro atoms. The third-order valence-electron chi connectivity index (χ3n) is 3.25. The maximum absolute atomic E-state index is 11.9. The number of rotatable bonds is 4. The Morgan fingerprint density at radius 2 is 1.91 bits per heavy atom. The van der Waals surface area contributed by atoms with E-state index in [4.69, 9.17) is 14.7 Å². The molecule has 0 aliphatic carbocycles. The van der Waals surface area contributed by atoms with E-state index in [1.54, 1.807) is 6.07 Å². The molecule has 2 rings (SSSR count). The fourth-order valence-electron chi connectivity index (χ4n) is 2.03. The van der Waals surface area contributed by atoms with Crippen LogP contribution in [-0.4, -0.2) is 27.6 Å². The molecule has 1 aliphatic rings. The summed E-state index contributed by atoms with van der Waals surface area (Å²) in [5, 5.41) is 9.21. The van der Waals surface area contributed by atoms with Gasteiger partial charge in [0.2, 0.25) is 9.84 Å². The van der Waals surface area contributed by atoms with Gasteiger partial charge in [-0.25, -0.2) is 8.42 Å². The number of nitrogens with zero attached hydrogens (tertiary/aromatic N) is 1. The van der Waals surface area contributed by atoms with Crippen LogP contribution >= 0.6 is 0 Å². The molecule has 22 heavy (non-hydrogen) atoms. The van der Waals surface area contributed by atoms with Gasteiger partial charge in [0.05, 0.1) is 16.9 Å². The van der Waals surface area contributed by atoms with Crippen LogP contribution in [0, 0.1) is 17.2 Å². The van der Waals surface area contributed by atoms with Crippen LogP contribution in [0.25, 0.3) is 0 Å². The van der Waals surface area contributed by atoms with Crippen molar-refractivity contribution in [2.45, 2.75) is 17.7 Å². The van der Waals surface area contributed by atoms with Gasteiger partial charge in [0.1, 0.15) is 5.75 Å². The minimum absolute atomic E-state index is 0.0323. The molecular formula is C15H15NO5S. The number of carbonyl (C=O) groups is 1. The number of esters is 1. The normalized spacial score (nSPS) is 16.3. The highest BCUT2D eigenvalue weighted by Crippen LogP contribution is 2.21. The Hall–Kier alpha value is -2.17. The van der Waals surface area contributed by atoms with E-state index < -0.39 is 9.84 Å². The van der Waals surface area contributed by atoms with E-state index in [-0.39, 0.29) is 16.8 Å². The average molecular weight is 321 g/mol. The summed E-state index contributed by atoms with van der Waals surface area (Å²) in [7, 11) is -3.65. The second-order valence-electron chi connectivity index (χ2n) is 4.76. The molecule has 0 unspecified atom stereocenters. The van der Waals surface area contributed by atoms with Gasteiger partial charge in [-0.1, -0.05) is 0 Å². The zero-order chi connectivity index (χ0) is 16.0. The summed E-state index contributed by atoms with van der Waals surface area (Å²) < 4.78 is 34.0. The van der Waals surface area contributed by atoms with E-state index in [0.717, 1.165) is 11.5 Å². The lowest BCUT2D eigenvalue weighted by Gasteiger charge is -2.20. The zero-order valence-corrected chi connectivity index (χ0v) is 12.6. The van der Waals surface area contributed by atoms with E-state index in [0.29, 0.717) is 31.8 Å². The first-order chi connectivity index (χ1) is 10.5. The summed E-state index contributed by atoms with van der Waals surface area (Å²) in [6, 6.07) is 7.14. The number of allylic oxidation sites excluding steroid dienone is 1. The highest BCUT2D eigenvalue weighted by molar-refractivity contribution is 7.94. The van der Waals surface area contributed by atoms with Crippen molar-refractivity contribution in [2.75, 3.05) is 13.2 Å². The molecule has 0 radical (unpaired) electrons. The zero-order valence-electron chi connectivity index (χ0n) is 11.8. The van der Waals surface area contributed by atoms with Gasteiger partial charge in [-0.3, -0.25) is 4.79 Å². The van der Waals surface area contributed by atoms with Crippen molar-refractivity contribution >= 4 is 15.8 Å². The van der Waals surface area contributed by atoms with Crippen molar-refractivity contribution < 1.29 is 22.7 Å². The van der Waals surface area contributed by atoms with Gasteiger partial charge >= 0.3 is 5.97 Å². The van der Waals surface area contributed by atoms with Gasteiger partial charge in [0.25, 0.3) is 0 Å². The van der Waals surface area contributed by atoms with E-state index in [1.807, 2.05) is 0 Å². The first kappa shape index (κ1) is 16.2. The van der Waals surface area contributed by atoms with Crippen molar-refractivity contribution in [3.8, 4) is 11.8 Å². The maximum atomic E-state index is 11.9. The molecule has 6 nitrogen and oxygen atoms in total. The number of benzene rings is 1. The number of sulfone groups is 1. The first-order valence-electron chi connectivity index (χ1n) is 6.74. The smallest absolute Gasteiger partial charge is 0.314 e. The summed E-state index contributed by atoms with van der Waals surface area (Å²) in [6.45, 7) is 1.09. The molecule has 0 aromatic heterocycles.